The normalized spacial score (nSPS) is 15.2. The Bertz CT molecular complexity index is 1160. The molecule has 1 amide bonds. The number of carbonyl (C=O) groups is 2. The maximum Gasteiger partial charge on any atom is 0.338 e. The predicted octanol–water partition coefficient (Wildman–Crippen LogP) is 3.22. The number of benzene rings is 2. The van der Waals surface area contributed by atoms with E-state index in [1.165, 1.54) is 47.6 Å². The number of hydrogen-bond acceptors (Lipinski definition) is 7. The van der Waals surface area contributed by atoms with Crippen LogP contribution in [0.15, 0.2) is 47.4 Å². The summed E-state index contributed by atoms with van der Waals surface area (Å²) in [5, 5.41) is 13.4. The lowest BCUT2D eigenvalue weighted by Gasteiger charge is -2.17. The lowest BCUT2D eigenvalue weighted by Crippen LogP contribution is -2.30. The van der Waals surface area contributed by atoms with E-state index >= 15 is 0 Å². The fourth-order valence-corrected chi connectivity index (χ4v) is 4.83. The Morgan fingerprint density at radius 1 is 1.19 bits per heavy atom. The highest BCUT2D eigenvalue weighted by Crippen LogP contribution is 2.27. The third-order valence-electron chi connectivity index (χ3n) is 4.84. The molecule has 1 atom stereocenters. The number of ether oxygens (including phenoxy) is 1. The van der Waals surface area contributed by atoms with Gasteiger partial charge in [0.1, 0.15) is 0 Å². The van der Waals surface area contributed by atoms with Crippen molar-refractivity contribution in [1.29, 1.82) is 0 Å². The largest absolute Gasteiger partial charge is 0.449 e. The molecule has 2 aromatic carbocycles. The fourth-order valence-electron chi connectivity index (χ4n) is 3.10. The maximum atomic E-state index is 12.7. The number of nitrogens with one attached hydrogen (secondary N) is 1. The van der Waals surface area contributed by atoms with Crippen molar-refractivity contribution in [3.8, 4) is 0 Å². The number of nitrogens with zero attached hydrogens (tertiary/aromatic N) is 2. The predicted molar refractivity (Wildman–Crippen MR) is 116 cm³/mol. The van der Waals surface area contributed by atoms with Crippen molar-refractivity contribution in [3.05, 3.63) is 63.2 Å². The van der Waals surface area contributed by atoms with Crippen LogP contribution in [-0.2, 0) is 19.6 Å². The number of halogens is 1. The van der Waals surface area contributed by atoms with Crippen LogP contribution >= 0.6 is 11.6 Å². The minimum atomic E-state index is -3.72. The second-order valence-electron chi connectivity index (χ2n) is 7.10. The minimum Gasteiger partial charge on any atom is -0.449 e. The van der Waals surface area contributed by atoms with Crippen LogP contribution in [0.4, 0.5) is 11.4 Å². The highest BCUT2D eigenvalue weighted by Gasteiger charge is 2.28. The molecule has 1 saturated heterocycles. The lowest BCUT2D eigenvalue weighted by atomic mass is 10.2. The number of carbonyl (C=O) groups excluding carboxylic acids is 2. The van der Waals surface area contributed by atoms with Gasteiger partial charge in [0.15, 0.2) is 6.10 Å². The molecular formula is C20H20ClN3O7S. The van der Waals surface area contributed by atoms with Gasteiger partial charge in [-0.05, 0) is 44.0 Å². The monoisotopic (exact) mass is 481 g/mol. The highest BCUT2D eigenvalue weighted by atomic mass is 35.5. The first kappa shape index (κ1) is 23.6. The average molecular weight is 482 g/mol. The SMILES string of the molecule is C[C@H](OC(=O)c1cccc(S(=O)(=O)N2CCCC2)c1)C(=O)Nc1cc([N+](=O)[O-])ccc1Cl. The summed E-state index contributed by atoms with van der Waals surface area (Å²) in [6, 6.07) is 8.94. The lowest BCUT2D eigenvalue weighted by molar-refractivity contribution is -0.384. The van der Waals surface area contributed by atoms with Crippen molar-refractivity contribution in [1.82, 2.24) is 4.31 Å². The second kappa shape index (κ2) is 9.63. The number of rotatable bonds is 7. The zero-order valence-electron chi connectivity index (χ0n) is 17.0. The summed E-state index contributed by atoms with van der Waals surface area (Å²) in [4.78, 5) is 35.1. The number of esters is 1. The first-order valence-corrected chi connectivity index (χ1v) is 11.5. The zero-order valence-corrected chi connectivity index (χ0v) is 18.6. The summed E-state index contributed by atoms with van der Waals surface area (Å²) in [7, 11) is -3.72. The maximum absolute atomic E-state index is 12.7. The quantitative estimate of drug-likeness (QED) is 0.364. The van der Waals surface area contributed by atoms with Gasteiger partial charge in [0.25, 0.3) is 11.6 Å². The number of sulfonamides is 1. The van der Waals surface area contributed by atoms with Crippen molar-refractivity contribution in [2.24, 2.45) is 0 Å². The topological polar surface area (TPSA) is 136 Å². The van der Waals surface area contributed by atoms with Gasteiger partial charge in [-0.15, -0.1) is 0 Å². The summed E-state index contributed by atoms with van der Waals surface area (Å²) in [6.45, 7) is 2.16. The molecule has 0 bridgehead atoms. The third-order valence-corrected chi connectivity index (χ3v) is 7.07. The molecule has 2 aromatic rings. The molecule has 1 heterocycles. The molecule has 3 rings (SSSR count). The molecule has 12 heteroatoms. The minimum absolute atomic E-state index is 0.00697. The van der Waals surface area contributed by atoms with Gasteiger partial charge in [-0.25, -0.2) is 13.2 Å². The summed E-state index contributed by atoms with van der Waals surface area (Å²) in [6.07, 6.45) is 0.279. The number of anilines is 1. The first-order valence-electron chi connectivity index (χ1n) is 9.65. The van der Waals surface area contributed by atoms with E-state index < -0.39 is 32.9 Å². The van der Waals surface area contributed by atoms with Crippen molar-refractivity contribution in [2.45, 2.75) is 30.8 Å². The first-order chi connectivity index (χ1) is 15.1. The van der Waals surface area contributed by atoms with Crippen molar-refractivity contribution < 1.29 is 27.7 Å². The molecule has 32 heavy (non-hydrogen) atoms. The molecule has 1 aliphatic rings. The van der Waals surface area contributed by atoms with E-state index in [0.717, 1.165) is 18.9 Å². The van der Waals surface area contributed by atoms with E-state index in [4.69, 9.17) is 16.3 Å². The Morgan fingerprint density at radius 2 is 1.88 bits per heavy atom. The molecule has 0 saturated carbocycles. The van der Waals surface area contributed by atoms with E-state index in [1.807, 2.05) is 0 Å². The van der Waals surface area contributed by atoms with Crippen molar-refractivity contribution >= 4 is 44.9 Å². The molecule has 1 N–H and O–H groups in total. The highest BCUT2D eigenvalue weighted by molar-refractivity contribution is 7.89. The average Bonchev–Trinajstić information content (AvgIpc) is 3.31. The molecule has 170 valence electrons. The van der Waals surface area contributed by atoms with Gasteiger partial charge < -0.3 is 10.1 Å². The third kappa shape index (κ3) is 5.23. The summed E-state index contributed by atoms with van der Waals surface area (Å²) in [5.74, 6) is -1.65. The number of nitro benzene ring substituents is 1. The van der Waals surface area contributed by atoms with E-state index in [0.29, 0.717) is 13.1 Å². The van der Waals surface area contributed by atoms with Crippen LogP contribution in [0.1, 0.15) is 30.1 Å². The van der Waals surface area contributed by atoms with Crippen LogP contribution < -0.4 is 5.32 Å². The molecule has 0 aromatic heterocycles. The Hall–Kier alpha value is -3.02. The van der Waals surface area contributed by atoms with Gasteiger partial charge in [0.2, 0.25) is 10.0 Å². The zero-order chi connectivity index (χ0) is 23.5. The van der Waals surface area contributed by atoms with Gasteiger partial charge in [0, 0.05) is 25.2 Å². The Morgan fingerprint density at radius 3 is 2.53 bits per heavy atom. The van der Waals surface area contributed by atoms with E-state index in [9.17, 15) is 28.1 Å². The van der Waals surface area contributed by atoms with Crippen LogP contribution in [0.3, 0.4) is 0 Å². The van der Waals surface area contributed by atoms with Gasteiger partial charge in [0.05, 0.1) is 26.1 Å². The Labute approximate surface area is 189 Å². The Balaban J connectivity index is 1.70. The van der Waals surface area contributed by atoms with Gasteiger partial charge >= 0.3 is 5.97 Å². The van der Waals surface area contributed by atoms with Crippen LogP contribution in [0.25, 0.3) is 0 Å². The van der Waals surface area contributed by atoms with E-state index in [2.05, 4.69) is 5.32 Å². The van der Waals surface area contributed by atoms with Crippen LogP contribution in [0.2, 0.25) is 5.02 Å². The fraction of sp³-hybridized carbons (Fsp3) is 0.300. The van der Waals surface area contributed by atoms with E-state index in [-0.39, 0.29) is 26.9 Å². The molecule has 0 aliphatic carbocycles. The van der Waals surface area contributed by atoms with Crippen molar-refractivity contribution in [2.75, 3.05) is 18.4 Å². The van der Waals surface area contributed by atoms with Gasteiger partial charge in [-0.2, -0.15) is 4.31 Å². The van der Waals surface area contributed by atoms with Gasteiger partial charge in [-0.1, -0.05) is 17.7 Å². The van der Waals surface area contributed by atoms with Crippen molar-refractivity contribution in [3.63, 3.8) is 0 Å². The molecule has 0 radical (unpaired) electrons. The Kier molecular flexibility index (Phi) is 7.12. The molecule has 1 aliphatic heterocycles. The number of non-ortho nitro benzene ring substituents is 1. The van der Waals surface area contributed by atoms with Crippen LogP contribution in [0, 0.1) is 10.1 Å². The molecule has 0 unspecified atom stereocenters. The summed E-state index contributed by atoms with van der Waals surface area (Å²) >= 11 is 5.96. The molecular weight excluding hydrogens is 462 g/mol. The second-order valence-corrected chi connectivity index (χ2v) is 9.44. The van der Waals surface area contributed by atoms with Crippen LogP contribution in [0.5, 0.6) is 0 Å². The smallest absolute Gasteiger partial charge is 0.338 e. The van der Waals surface area contributed by atoms with E-state index in [1.54, 1.807) is 0 Å². The van der Waals surface area contributed by atoms with Gasteiger partial charge in [-0.3, -0.25) is 14.9 Å². The summed E-state index contributed by atoms with van der Waals surface area (Å²) in [5.41, 5.74) is -0.309. The molecule has 1 fully saturated rings. The van der Waals surface area contributed by atoms with Crippen LogP contribution in [-0.4, -0.2) is 48.7 Å². The summed E-state index contributed by atoms with van der Waals surface area (Å²) < 4.78 is 31.9. The molecule has 0 spiro atoms. The number of nitro groups is 1. The standard InChI is InChI=1S/C20H20ClN3O7S/c1-13(19(25)22-18-12-15(24(27)28)7-8-17(18)21)31-20(26)14-5-4-6-16(11-14)32(29,30)23-9-2-3-10-23/h4-8,11-13H,2-3,9-10H2,1H3,(H,22,25)/t13-/m0/s1. The number of amides is 1. The molecule has 10 nitrogen and oxygen atoms in total. The number of hydrogen-bond donors (Lipinski definition) is 1.